The number of hydrogen-bond acceptors (Lipinski definition) is 4. The third-order valence-corrected chi connectivity index (χ3v) is 2.39. The molecule has 0 aromatic carbocycles. The summed E-state index contributed by atoms with van der Waals surface area (Å²) in [5, 5.41) is 10.9. The van der Waals surface area contributed by atoms with Gasteiger partial charge in [0.1, 0.15) is 11.5 Å². The summed E-state index contributed by atoms with van der Waals surface area (Å²) in [5.41, 5.74) is -1.23. The zero-order valence-corrected chi connectivity index (χ0v) is 9.92. The van der Waals surface area contributed by atoms with Crippen LogP contribution in [0.15, 0.2) is 10.6 Å². The van der Waals surface area contributed by atoms with Crippen molar-refractivity contribution in [2.24, 2.45) is 0 Å². The van der Waals surface area contributed by atoms with Gasteiger partial charge < -0.3 is 9.84 Å². The molecule has 2 aromatic heterocycles. The first-order valence-corrected chi connectivity index (χ1v) is 5.16. The van der Waals surface area contributed by atoms with Crippen LogP contribution >= 0.6 is 0 Å². The third kappa shape index (κ3) is 2.59. The summed E-state index contributed by atoms with van der Waals surface area (Å²) >= 11 is 0. The van der Waals surface area contributed by atoms with E-state index in [9.17, 15) is 18.0 Å². The molecular formula is C10H9F3N4O2. The highest BCUT2D eigenvalue weighted by molar-refractivity contribution is 6.02. The summed E-state index contributed by atoms with van der Waals surface area (Å²) in [6.07, 6.45) is -4.55. The Hall–Kier alpha value is -2.32. The van der Waals surface area contributed by atoms with Crippen molar-refractivity contribution in [2.75, 3.05) is 5.32 Å². The molecule has 2 rings (SSSR count). The van der Waals surface area contributed by atoms with Gasteiger partial charge in [-0.1, -0.05) is 5.16 Å². The van der Waals surface area contributed by atoms with Crippen LogP contribution in [-0.4, -0.2) is 21.3 Å². The van der Waals surface area contributed by atoms with E-state index in [2.05, 4.69) is 15.6 Å². The summed E-state index contributed by atoms with van der Waals surface area (Å²) in [6.45, 7) is 2.79. The van der Waals surface area contributed by atoms with Crippen molar-refractivity contribution >= 4 is 11.7 Å². The molecule has 0 atom stereocenters. The number of aromatic nitrogens is 3. The molecule has 2 N–H and O–H groups in total. The maximum atomic E-state index is 12.5. The van der Waals surface area contributed by atoms with Gasteiger partial charge in [0, 0.05) is 11.6 Å². The molecule has 0 saturated carbocycles. The molecule has 0 aliphatic heterocycles. The molecule has 2 aromatic rings. The summed E-state index contributed by atoms with van der Waals surface area (Å²) in [6, 6.07) is 1.36. The number of nitrogens with zero attached hydrogens (tertiary/aromatic N) is 2. The molecule has 0 unspecified atom stereocenters. The van der Waals surface area contributed by atoms with E-state index in [1.807, 2.05) is 5.10 Å². The Morgan fingerprint density at radius 1 is 1.42 bits per heavy atom. The van der Waals surface area contributed by atoms with E-state index in [0.29, 0.717) is 5.76 Å². The summed E-state index contributed by atoms with van der Waals surface area (Å²) < 4.78 is 42.2. The Morgan fingerprint density at radius 2 is 2.11 bits per heavy atom. The minimum absolute atomic E-state index is 0.0338. The SMILES string of the molecule is Cc1cc(C(=O)Nc2n[nH]c(C(F)(F)F)c2C)no1. The van der Waals surface area contributed by atoms with Crippen LogP contribution in [0.1, 0.15) is 27.5 Å². The maximum Gasteiger partial charge on any atom is 0.433 e. The Balaban J connectivity index is 2.21. The zero-order valence-electron chi connectivity index (χ0n) is 9.92. The number of amides is 1. The minimum atomic E-state index is -4.55. The first-order valence-electron chi connectivity index (χ1n) is 5.16. The van der Waals surface area contributed by atoms with Crippen molar-refractivity contribution in [3.63, 3.8) is 0 Å². The monoisotopic (exact) mass is 274 g/mol. The van der Waals surface area contributed by atoms with E-state index in [1.54, 1.807) is 6.92 Å². The molecule has 6 nitrogen and oxygen atoms in total. The van der Waals surface area contributed by atoms with Gasteiger partial charge in [0.25, 0.3) is 5.91 Å². The quantitative estimate of drug-likeness (QED) is 0.880. The topological polar surface area (TPSA) is 83.8 Å². The molecular weight excluding hydrogens is 265 g/mol. The van der Waals surface area contributed by atoms with Gasteiger partial charge in [-0.05, 0) is 13.8 Å². The Bertz CT molecular complexity index is 615. The third-order valence-electron chi connectivity index (χ3n) is 2.39. The number of carbonyl (C=O) groups excluding carboxylic acids is 1. The van der Waals surface area contributed by atoms with Gasteiger partial charge in [0.2, 0.25) is 0 Å². The van der Waals surface area contributed by atoms with Crippen LogP contribution in [0.4, 0.5) is 19.0 Å². The maximum absolute atomic E-state index is 12.5. The molecule has 0 radical (unpaired) electrons. The second-order valence-corrected chi connectivity index (χ2v) is 3.85. The Labute approximate surface area is 105 Å². The van der Waals surface area contributed by atoms with Crippen LogP contribution in [-0.2, 0) is 6.18 Å². The van der Waals surface area contributed by atoms with Gasteiger partial charge in [0.05, 0.1) is 0 Å². The standard InChI is InChI=1S/C10H9F3N4O2/c1-4-3-6(17-19-4)9(18)14-8-5(2)7(15-16-8)10(11,12)13/h3H,1-2H3,(H2,14,15,16,18). The molecule has 0 aliphatic rings. The lowest BCUT2D eigenvalue weighted by Crippen LogP contribution is -2.13. The summed E-state index contributed by atoms with van der Waals surface area (Å²) in [4.78, 5) is 11.7. The predicted octanol–water partition coefficient (Wildman–Crippen LogP) is 2.29. The molecule has 102 valence electrons. The summed E-state index contributed by atoms with van der Waals surface area (Å²) in [5.74, 6) is -0.474. The number of carbonyl (C=O) groups is 1. The van der Waals surface area contributed by atoms with E-state index < -0.39 is 17.8 Å². The van der Waals surface area contributed by atoms with Gasteiger partial charge >= 0.3 is 6.18 Å². The van der Waals surface area contributed by atoms with Gasteiger partial charge in [-0.3, -0.25) is 9.89 Å². The van der Waals surface area contributed by atoms with Crippen LogP contribution in [0.25, 0.3) is 0 Å². The first-order chi connectivity index (χ1) is 8.79. The van der Waals surface area contributed by atoms with E-state index >= 15 is 0 Å². The molecule has 0 bridgehead atoms. The van der Waals surface area contributed by atoms with Crippen molar-refractivity contribution in [1.29, 1.82) is 0 Å². The Kier molecular flexibility index (Phi) is 3.05. The number of aryl methyl sites for hydroxylation is 1. The largest absolute Gasteiger partial charge is 0.433 e. The lowest BCUT2D eigenvalue weighted by molar-refractivity contribution is -0.141. The zero-order chi connectivity index (χ0) is 14.2. The van der Waals surface area contributed by atoms with Gasteiger partial charge in [0.15, 0.2) is 11.5 Å². The smallest absolute Gasteiger partial charge is 0.361 e. The molecule has 0 saturated heterocycles. The number of anilines is 1. The van der Waals surface area contributed by atoms with Crippen LogP contribution in [0.2, 0.25) is 0 Å². The lowest BCUT2D eigenvalue weighted by Gasteiger charge is -2.04. The second-order valence-electron chi connectivity index (χ2n) is 3.85. The number of H-pyrrole nitrogens is 1. The van der Waals surface area contributed by atoms with Crippen LogP contribution < -0.4 is 5.32 Å². The van der Waals surface area contributed by atoms with Crippen molar-refractivity contribution in [1.82, 2.24) is 15.4 Å². The fraction of sp³-hybridized carbons (Fsp3) is 0.300. The fourth-order valence-corrected chi connectivity index (χ4v) is 1.44. The first kappa shape index (κ1) is 13.1. The highest BCUT2D eigenvalue weighted by Crippen LogP contribution is 2.32. The number of hydrogen-bond donors (Lipinski definition) is 2. The van der Waals surface area contributed by atoms with E-state index in [4.69, 9.17) is 4.52 Å². The number of aromatic amines is 1. The molecule has 1 amide bonds. The van der Waals surface area contributed by atoms with Gasteiger partial charge in [-0.15, -0.1) is 0 Å². The molecule has 2 heterocycles. The summed E-state index contributed by atoms with van der Waals surface area (Å²) in [7, 11) is 0. The molecule has 19 heavy (non-hydrogen) atoms. The van der Waals surface area contributed by atoms with Crippen molar-refractivity contribution in [3.05, 3.63) is 28.8 Å². The van der Waals surface area contributed by atoms with Gasteiger partial charge in [-0.25, -0.2) is 0 Å². The fourth-order valence-electron chi connectivity index (χ4n) is 1.44. The van der Waals surface area contributed by atoms with Crippen LogP contribution in [0.5, 0.6) is 0 Å². The molecule has 0 aliphatic carbocycles. The Morgan fingerprint density at radius 3 is 2.58 bits per heavy atom. The van der Waals surface area contributed by atoms with E-state index in [-0.39, 0.29) is 17.1 Å². The number of rotatable bonds is 2. The molecule has 9 heteroatoms. The number of alkyl halides is 3. The van der Waals surface area contributed by atoms with Crippen molar-refractivity contribution < 1.29 is 22.5 Å². The average molecular weight is 274 g/mol. The molecule has 0 fully saturated rings. The predicted molar refractivity (Wildman–Crippen MR) is 57.5 cm³/mol. The van der Waals surface area contributed by atoms with Gasteiger partial charge in [-0.2, -0.15) is 18.3 Å². The minimum Gasteiger partial charge on any atom is -0.361 e. The number of halogens is 3. The van der Waals surface area contributed by atoms with Crippen molar-refractivity contribution in [3.8, 4) is 0 Å². The van der Waals surface area contributed by atoms with Crippen LogP contribution in [0.3, 0.4) is 0 Å². The second kappa shape index (κ2) is 4.41. The van der Waals surface area contributed by atoms with E-state index in [1.165, 1.54) is 13.0 Å². The normalized spacial score (nSPS) is 11.6. The molecule has 0 spiro atoms. The highest BCUT2D eigenvalue weighted by Gasteiger charge is 2.36. The lowest BCUT2D eigenvalue weighted by atomic mass is 10.2. The highest BCUT2D eigenvalue weighted by atomic mass is 19.4. The van der Waals surface area contributed by atoms with Crippen molar-refractivity contribution in [2.45, 2.75) is 20.0 Å². The average Bonchev–Trinajstić information content (AvgIpc) is 2.85. The van der Waals surface area contributed by atoms with Crippen LogP contribution in [0, 0.1) is 13.8 Å². The number of nitrogens with one attached hydrogen (secondary N) is 2. The van der Waals surface area contributed by atoms with E-state index in [0.717, 1.165) is 0 Å².